The number of carbonyl (C=O) groups is 1. The van der Waals surface area contributed by atoms with Crippen molar-refractivity contribution in [2.45, 2.75) is 26.2 Å². The molecule has 0 unspecified atom stereocenters. The predicted octanol–water partition coefficient (Wildman–Crippen LogP) is 4.67. The van der Waals surface area contributed by atoms with Gasteiger partial charge in [-0.1, -0.05) is 30.7 Å². The van der Waals surface area contributed by atoms with E-state index in [-0.39, 0.29) is 16.4 Å². The van der Waals surface area contributed by atoms with E-state index in [1.54, 1.807) is 0 Å². The molecule has 28 heavy (non-hydrogen) atoms. The number of nitro groups is 1. The van der Waals surface area contributed by atoms with Gasteiger partial charge >= 0.3 is 0 Å². The molecular formula is C19H18N4O3S2. The number of aryl methyl sites for hydroxylation is 1. The molecule has 1 amide bonds. The Balaban J connectivity index is 1.63. The summed E-state index contributed by atoms with van der Waals surface area (Å²) in [5, 5.41) is 16.9. The second-order valence-corrected chi connectivity index (χ2v) is 7.58. The van der Waals surface area contributed by atoms with E-state index in [2.05, 4.69) is 34.7 Å². The maximum atomic E-state index is 12.2. The Morgan fingerprint density at radius 2 is 2.00 bits per heavy atom. The summed E-state index contributed by atoms with van der Waals surface area (Å²) in [6.07, 6.45) is 3.33. The molecule has 0 atom stereocenters. The molecule has 2 N–H and O–H groups in total. The molecule has 1 aromatic heterocycles. The van der Waals surface area contributed by atoms with E-state index in [0.29, 0.717) is 5.13 Å². The summed E-state index contributed by atoms with van der Waals surface area (Å²) < 4.78 is 1.06. The van der Waals surface area contributed by atoms with E-state index in [1.807, 2.05) is 6.07 Å². The van der Waals surface area contributed by atoms with Crippen molar-refractivity contribution in [3.8, 4) is 0 Å². The molecule has 7 nitrogen and oxygen atoms in total. The molecule has 9 heteroatoms. The van der Waals surface area contributed by atoms with Crippen molar-refractivity contribution in [3.05, 3.63) is 63.7 Å². The standard InChI is InChI=1S/C19H18N4O3S2/c1-2-3-4-12-5-10-15-16(11-12)28-19(20-15)22-18(27)21-17(24)13-6-8-14(9-7-13)23(25)26/h5-11H,2-4H2,1H3,(H2,20,21,22,24,27). The molecule has 0 aliphatic rings. The number of nitro benzene ring substituents is 1. The average Bonchev–Trinajstić information content (AvgIpc) is 3.07. The van der Waals surface area contributed by atoms with Gasteiger partial charge in [0.1, 0.15) is 0 Å². The van der Waals surface area contributed by atoms with Crippen LogP contribution in [0, 0.1) is 10.1 Å². The smallest absolute Gasteiger partial charge is 0.269 e. The number of hydrogen-bond acceptors (Lipinski definition) is 6. The van der Waals surface area contributed by atoms with Crippen molar-refractivity contribution in [1.29, 1.82) is 0 Å². The summed E-state index contributed by atoms with van der Waals surface area (Å²) in [5.41, 5.74) is 2.35. The first kappa shape index (κ1) is 19.8. The molecule has 0 fully saturated rings. The summed E-state index contributed by atoms with van der Waals surface area (Å²) in [4.78, 5) is 26.9. The zero-order valence-corrected chi connectivity index (χ0v) is 16.7. The Bertz CT molecular complexity index is 1030. The third-order valence-electron chi connectivity index (χ3n) is 4.06. The van der Waals surface area contributed by atoms with Gasteiger partial charge in [0.05, 0.1) is 15.1 Å². The molecule has 2 aromatic carbocycles. The molecule has 0 radical (unpaired) electrons. The average molecular weight is 415 g/mol. The lowest BCUT2D eigenvalue weighted by atomic mass is 10.1. The van der Waals surface area contributed by atoms with Gasteiger partial charge in [-0.05, 0) is 54.9 Å². The fraction of sp³-hybridized carbons (Fsp3) is 0.211. The summed E-state index contributed by atoms with van der Waals surface area (Å²) in [6.45, 7) is 2.17. The van der Waals surface area contributed by atoms with Crippen LogP contribution in [0.25, 0.3) is 10.2 Å². The van der Waals surface area contributed by atoms with Gasteiger partial charge in [-0.3, -0.25) is 20.2 Å². The number of rotatable bonds is 6. The van der Waals surface area contributed by atoms with Gasteiger partial charge in [0.15, 0.2) is 10.2 Å². The third kappa shape index (κ3) is 4.87. The zero-order valence-electron chi connectivity index (χ0n) is 15.1. The fourth-order valence-electron chi connectivity index (χ4n) is 2.60. The number of hydrogen-bond donors (Lipinski definition) is 2. The quantitative estimate of drug-likeness (QED) is 0.345. The number of thiocarbonyl (C=S) groups is 1. The number of thiazole rings is 1. The van der Waals surface area contributed by atoms with Crippen LogP contribution >= 0.6 is 23.6 Å². The number of nitrogens with one attached hydrogen (secondary N) is 2. The lowest BCUT2D eigenvalue weighted by molar-refractivity contribution is -0.384. The van der Waals surface area contributed by atoms with Crippen molar-refractivity contribution in [1.82, 2.24) is 10.3 Å². The largest absolute Gasteiger partial charge is 0.308 e. The van der Waals surface area contributed by atoms with E-state index < -0.39 is 10.8 Å². The summed E-state index contributed by atoms with van der Waals surface area (Å²) in [5.74, 6) is -0.449. The van der Waals surface area contributed by atoms with Gasteiger partial charge in [0, 0.05) is 17.7 Å². The minimum atomic E-state index is -0.519. The number of unbranched alkanes of at least 4 members (excludes halogenated alkanes) is 1. The molecule has 0 bridgehead atoms. The molecule has 1 heterocycles. The summed E-state index contributed by atoms with van der Waals surface area (Å²) in [7, 11) is 0. The van der Waals surface area contributed by atoms with Crippen LogP contribution in [0.4, 0.5) is 10.8 Å². The number of non-ortho nitro benzene ring substituents is 1. The first-order valence-electron chi connectivity index (χ1n) is 8.72. The van der Waals surface area contributed by atoms with Gasteiger partial charge in [-0.15, -0.1) is 0 Å². The number of amides is 1. The number of aromatic nitrogens is 1. The van der Waals surface area contributed by atoms with E-state index in [4.69, 9.17) is 12.2 Å². The maximum absolute atomic E-state index is 12.2. The highest BCUT2D eigenvalue weighted by atomic mass is 32.1. The molecule has 0 saturated carbocycles. The fourth-order valence-corrected chi connectivity index (χ4v) is 3.78. The molecule has 0 saturated heterocycles. The Labute approximate surface area is 170 Å². The van der Waals surface area contributed by atoms with Gasteiger partial charge in [0.2, 0.25) is 0 Å². The van der Waals surface area contributed by atoms with Crippen LogP contribution in [0.5, 0.6) is 0 Å². The van der Waals surface area contributed by atoms with Gasteiger partial charge in [-0.25, -0.2) is 4.98 Å². The van der Waals surface area contributed by atoms with Crippen LogP contribution in [0.15, 0.2) is 42.5 Å². The zero-order chi connectivity index (χ0) is 20.1. The van der Waals surface area contributed by atoms with E-state index in [1.165, 1.54) is 41.2 Å². The highest BCUT2D eigenvalue weighted by molar-refractivity contribution is 7.80. The van der Waals surface area contributed by atoms with Crippen molar-refractivity contribution < 1.29 is 9.72 Å². The van der Waals surface area contributed by atoms with Crippen molar-refractivity contribution in [2.24, 2.45) is 0 Å². The van der Waals surface area contributed by atoms with Crippen molar-refractivity contribution in [2.75, 3.05) is 5.32 Å². The number of carbonyl (C=O) groups excluding carboxylic acids is 1. The van der Waals surface area contributed by atoms with Crippen LogP contribution in [-0.2, 0) is 6.42 Å². The Hall–Kier alpha value is -2.91. The van der Waals surface area contributed by atoms with Gasteiger partial charge in [-0.2, -0.15) is 0 Å². The summed E-state index contributed by atoms with van der Waals surface area (Å²) in [6, 6.07) is 11.5. The van der Waals surface area contributed by atoms with E-state index in [9.17, 15) is 14.9 Å². The number of anilines is 1. The van der Waals surface area contributed by atoms with Crippen LogP contribution in [0.2, 0.25) is 0 Å². The monoisotopic (exact) mass is 414 g/mol. The molecule has 144 valence electrons. The molecule has 3 rings (SSSR count). The topological polar surface area (TPSA) is 97.2 Å². The van der Waals surface area contributed by atoms with Crippen LogP contribution < -0.4 is 10.6 Å². The highest BCUT2D eigenvalue weighted by Crippen LogP contribution is 2.27. The molecule has 0 aliphatic heterocycles. The van der Waals surface area contributed by atoms with Crippen LogP contribution in [0.1, 0.15) is 35.7 Å². The predicted molar refractivity (Wildman–Crippen MR) is 115 cm³/mol. The van der Waals surface area contributed by atoms with Gasteiger partial charge in [0.25, 0.3) is 11.6 Å². The Morgan fingerprint density at radius 1 is 1.25 bits per heavy atom. The minimum Gasteiger partial charge on any atom is -0.308 e. The van der Waals surface area contributed by atoms with Crippen molar-refractivity contribution in [3.63, 3.8) is 0 Å². The van der Waals surface area contributed by atoms with E-state index in [0.717, 1.165) is 29.5 Å². The maximum Gasteiger partial charge on any atom is 0.269 e. The number of nitrogens with zero attached hydrogens (tertiary/aromatic N) is 2. The normalized spacial score (nSPS) is 10.6. The lowest BCUT2D eigenvalue weighted by Crippen LogP contribution is -2.34. The van der Waals surface area contributed by atoms with Crippen LogP contribution in [0.3, 0.4) is 0 Å². The van der Waals surface area contributed by atoms with Crippen LogP contribution in [-0.4, -0.2) is 20.9 Å². The SMILES string of the molecule is CCCCc1ccc2nc(NC(=S)NC(=O)c3ccc([N+](=O)[O-])cc3)sc2c1. The molecule has 0 aliphatic carbocycles. The molecular weight excluding hydrogens is 396 g/mol. The molecule has 0 spiro atoms. The second-order valence-electron chi connectivity index (χ2n) is 6.14. The minimum absolute atomic E-state index is 0.0787. The summed E-state index contributed by atoms with van der Waals surface area (Å²) >= 11 is 6.65. The Morgan fingerprint density at radius 3 is 2.68 bits per heavy atom. The second kappa shape index (κ2) is 8.85. The van der Waals surface area contributed by atoms with E-state index >= 15 is 0 Å². The number of benzene rings is 2. The third-order valence-corrected chi connectivity index (χ3v) is 5.20. The lowest BCUT2D eigenvalue weighted by Gasteiger charge is -2.06. The number of fused-ring (bicyclic) bond motifs is 1. The molecule has 3 aromatic rings. The first-order valence-corrected chi connectivity index (χ1v) is 9.95. The highest BCUT2D eigenvalue weighted by Gasteiger charge is 2.12. The van der Waals surface area contributed by atoms with Crippen molar-refractivity contribution >= 4 is 55.6 Å². The first-order chi connectivity index (χ1) is 13.5. The Kier molecular flexibility index (Phi) is 6.27. The van der Waals surface area contributed by atoms with Gasteiger partial charge < -0.3 is 5.32 Å².